The number of nitrogens with two attached hydrogens (primary N) is 4. The minimum atomic E-state index is -1.03. The molecule has 0 saturated heterocycles. The Labute approximate surface area is 284 Å². The van der Waals surface area contributed by atoms with E-state index in [2.05, 4.69) is 20.6 Å². The zero-order chi connectivity index (χ0) is 35.9. The Morgan fingerprint density at radius 3 is 2.14 bits per heavy atom. The van der Waals surface area contributed by atoms with E-state index in [1.807, 2.05) is 30.3 Å². The number of aliphatic imine (C=N–C) groups is 2. The van der Waals surface area contributed by atoms with E-state index in [4.69, 9.17) is 27.7 Å². The maximum absolute atomic E-state index is 13.6. The molecule has 0 aliphatic heterocycles. The Kier molecular flexibility index (Phi) is 14.2. The van der Waals surface area contributed by atoms with Crippen molar-refractivity contribution in [3.63, 3.8) is 0 Å². The number of guanidine groups is 2. The van der Waals surface area contributed by atoms with Gasteiger partial charge < -0.3 is 38.3 Å². The van der Waals surface area contributed by atoms with Crippen LogP contribution in [0.3, 0.4) is 0 Å². The summed E-state index contributed by atoms with van der Waals surface area (Å²) in [4.78, 5) is 74.2. The molecular formula is C35H44N8O6. The number of nitrogens with one attached hydrogen (secondary N) is 2. The number of hydrogen-bond acceptors (Lipinski definition) is 8. The molecule has 2 atom stereocenters. The zero-order valence-electron chi connectivity index (χ0n) is 27.7. The molecule has 0 aromatic heterocycles. The van der Waals surface area contributed by atoms with Gasteiger partial charge in [-0.1, -0.05) is 48.4 Å². The third-order valence-corrected chi connectivity index (χ3v) is 7.74. The molecule has 49 heavy (non-hydrogen) atoms. The lowest BCUT2D eigenvalue weighted by molar-refractivity contribution is -0.146. The molecule has 14 heteroatoms. The fourth-order valence-electron chi connectivity index (χ4n) is 5.17. The van der Waals surface area contributed by atoms with Crippen LogP contribution in [0.4, 0.5) is 5.69 Å². The van der Waals surface area contributed by atoms with Crippen molar-refractivity contribution >= 4 is 57.7 Å². The fraction of sp³-hybridized carbons (Fsp3) is 0.343. The van der Waals surface area contributed by atoms with Crippen LogP contribution in [0.2, 0.25) is 0 Å². The number of fused-ring (bicyclic) bond motifs is 1. The molecule has 3 aromatic rings. The largest absolute Gasteiger partial charge is 0.467 e. The number of methoxy groups -OCH3 is 1. The Hall–Kier alpha value is -5.79. The van der Waals surface area contributed by atoms with Crippen LogP contribution in [0, 0.1) is 12.8 Å². The molecule has 0 spiro atoms. The van der Waals surface area contributed by atoms with Crippen molar-refractivity contribution in [1.82, 2.24) is 5.32 Å². The number of esters is 1. The molecule has 0 saturated carbocycles. The van der Waals surface area contributed by atoms with Gasteiger partial charge in [-0.2, -0.15) is 0 Å². The summed E-state index contributed by atoms with van der Waals surface area (Å²) < 4.78 is 4.86. The first-order chi connectivity index (χ1) is 23.4. The Bertz CT molecular complexity index is 1730. The average molecular weight is 673 g/mol. The SMILES string of the molecule is COC(=O)C(CCCN=C(N)N)NC(=O)C(CCCCN=C(N)N)CC(=O)C(=O)c1cc(C)ccc1NC(=O)c1ccc2ccccc2c1. The number of unbranched alkanes of at least 4 members (excludes halogenated alkanes) is 1. The number of carbonyl (C=O) groups is 5. The number of rotatable bonds is 18. The fourth-order valence-corrected chi connectivity index (χ4v) is 5.17. The molecule has 0 bridgehead atoms. The number of ketones is 2. The average Bonchev–Trinajstić information content (AvgIpc) is 3.08. The monoisotopic (exact) mass is 672 g/mol. The van der Waals surface area contributed by atoms with Gasteiger partial charge in [0.05, 0.1) is 12.8 Å². The van der Waals surface area contributed by atoms with E-state index in [1.54, 1.807) is 31.2 Å². The van der Waals surface area contributed by atoms with E-state index in [1.165, 1.54) is 13.2 Å². The Morgan fingerprint density at radius 2 is 1.47 bits per heavy atom. The topological polar surface area (TPSA) is 247 Å². The molecule has 260 valence electrons. The lowest BCUT2D eigenvalue weighted by Gasteiger charge is -2.21. The van der Waals surface area contributed by atoms with Gasteiger partial charge in [0.25, 0.3) is 5.91 Å². The van der Waals surface area contributed by atoms with Crippen LogP contribution in [0.5, 0.6) is 0 Å². The maximum Gasteiger partial charge on any atom is 0.328 e. The second-order valence-corrected chi connectivity index (χ2v) is 11.6. The van der Waals surface area contributed by atoms with Gasteiger partial charge in [0.1, 0.15) is 6.04 Å². The molecule has 0 fully saturated rings. The number of carbonyl (C=O) groups excluding carboxylic acids is 5. The molecule has 0 radical (unpaired) electrons. The summed E-state index contributed by atoms with van der Waals surface area (Å²) >= 11 is 0. The predicted octanol–water partition coefficient (Wildman–Crippen LogP) is 2.31. The van der Waals surface area contributed by atoms with Crippen molar-refractivity contribution in [3.05, 3.63) is 77.4 Å². The smallest absolute Gasteiger partial charge is 0.328 e. The summed E-state index contributed by atoms with van der Waals surface area (Å²) in [5.41, 5.74) is 22.7. The normalized spacial score (nSPS) is 11.9. The molecule has 3 rings (SSSR count). The third-order valence-electron chi connectivity index (χ3n) is 7.74. The first-order valence-electron chi connectivity index (χ1n) is 15.9. The van der Waals surface area contributed by atoms with Crippen molar-refractivity contribution in [3.8, 4) is 0 Å². The maximum atomic E-state index is 13.6. The van der Waals surface area contributed by atoms with Crippen LogP contribution in [0.25, 0.3) is 10.8 Å². The summed E-state index contributed by atoms with van der Waals surface area (Å²) in [5.74, 6) is -4.58. The highest BCUT2D eigenvalue weighted by molar-refractivity contribution is 6.45. The highest BCUT2D eigenvalue weighted by Crippen LogP contribution is 2.23. The van der Waals surface area contributed by atoms with E-state index in [0.29, 0.717) is 36.9 Å². The zero-order valence-corrected chi connectivity index (χ0v) is 27.7. The Morgan fingerprint density at radius 1 is 0.796 bits per heavy atom. The van der Waals surface area contributed by atoms with Crippen molar-refractivity contribution < 1.29 is 28.7 Å². The molecule has 3 aromatic carbocycles. The summed E-state index contributed by atoms with van der Waals surface area (Å²) in [6, 6.07) is 16.6. The number of benzene rings is 3. The first-order valence-corrected chi connectivity index (χ1v) is 15.9. The molecule has 0 aliphatic rings. The van der Waals surface area contributed by atoms with Crippen LogP contribution in [-0.2, 0) is 19.1 Å². The van der Waals surface area contributed by atoms with E-state index >= 15 is 0 Å². The van der Waals surface area contributed by atoms with Gasteiger partial charge in [0.2, 0.25) is 17.5 Å². The van der Waals surface area contributed by atoms with E-state index < -0.39 is 47.7 Å². The molecule has 2 unspecified atom stereocenters. The van der Waals surface area contributed by atoms with Gasteiger partial charge in [-0.3, -0.25) is 29.2 Å². The van der Waals surface area contributed by atoms with E-state index in [9.17, 15) is 24.0 Å². The second-order valence-electron chi connectivity index (χ2n) is 11.6. The van der Waals surface area contributed by atoms with Crippen molar-refractivity contribution in [2.24, 2.45) is 38.8 Å². The van der Waals surface area contributed by atoms with Gasteiger partial charge in [-0.15, -0.1) is 0 Å². The highest BCUT2D eigenvalue weighted by atomic mass is 16.5. The highest BCUT2D eigenvalue weighted by Gasteiger charge is 2.30. The third kappa shape index (κ3) is 11.8. The minimum absolute atomic E-state index is 0.00164. The van der Waals surface area contributed by atoms with Crippen LogP contribution in [0.1, 0.15) is 64.8 Å². The molecule has 14 nitrogen and oxygen atoms in total. The quantitative estimate of drug-likeness (QED) is 0.0287. The van der Waals surface area contributed by atoms with Gasteiger partial charge in [0, 0.05) is 36.6 Å². The summed E-state index contributed by atoms with van der Waals surface area (Å²) in [7, 11) is 1.19. The number of anilines is 1. The molecule has 0 aliphatic carbocycles. The van der Waals surface area contributed by atoms with Crippen LogP contribution >= 0.6 is 0 Å². The van der Waals surface area contributed by atoms with Gasteiger partial charge in [-0.05, 0) is 67.6 Å². The lowest BCUT2D eigenvalue weighted by atomic mass is 9.91. The lowest BCUT2D eigenvalue weighted by Crippen LogP contribution is -2.45. The van der Waals surface area contributed by atoms with E-state index in [0.717, 1.165) is 10.8 Å². The van der Waals surface area contributed by atoms with Gasteiger partial charge >= 0.3 is 5.97 Å². The van der Waals surface area contributed by atoms with Crippen LogP contribution < -0.4 is 33.6 Å². The molecule has 0 heterocycles. The molecule has 10 N–H and O–H groups in total. The van der Waals surface area contributed by atoms with E-state index in [-0.39, 0.29) is 42.6 Å². The number of ether oxygens (including phenoxy) is 1. The minimum Gasteiger partial charge on any atom is -0.467 e. The van der Waals surface area contributed by atoms with Gasteiger partial charge in [-0.25, -0.2) is 4.79 Å². The van der Waals surface area contributed by atoms with Crippen molar-refractivity contribution in [2.75, 3.05) is 25.5 Å². The molecular weight excluding hydrogens is 628 g/mol. The summed E-state index contributed by atoms with van der Waals surface area (Å²) in [5, 5.41) is 7.27. The first kappa shape index (κ1) is 37.7. The number of aryl methyl sites for hydroxylation is 1. The second kappa shape index (κ2) is 18.5. The van der Waals surface area contributed by atoms with Crippen LogP contribution in [0.15, 0.2) is 70.6 Å². The summed E-state index contributed by atoms with van der Waals surface area (Å²) in [6.45, 7) is 2.29. The number of Topliss-reactive ketones (excluding diaryl/α,β-unsaturated/α-hetero) is 2. The standard InChI is InChI=1S/C35H44N8O6/c1-21-12-15-27(42-32(47)25-14-13-22-8-3-4-9-23(22)19-25)26(18-21)30(45)29(44)20-24(10-5-6-16-40-34(36)37)31(46)43-28(33(48)49-2)11-7-17-41-35(38)39/h3-4,8-9,12-15,18-19,24,28H,5-7,10-11,16-17,20H2,1-2H3,(H,42,47)(H,43,46)(H4,36,37,40)(H4,38,39,41). The van der Waals surface area contributed by atoms with Crippen molar-refractivity contribution in [1.29, 1.82) is 0 Å². The van der Waals surface area contributed by atoms with Crippen LogP contribution in [-0.4, -0.2) is 67.5 Å². The predicted molar refractivity (Wildman–Crippen MR) is 189 cm³/mol. The molecule has 2 amide bonds. The number of nitrogens with zero attached hydrogens (tertiary/aromatic N) is 2. The Balaban J connectivity index is 1.80. The van der Waals surface area contributed by atoms with Crippen molar-refractivity contribution in [2.45, 2.75) is 51.5 Å². The summed E-state index contributed by atoms with van der Waals surface area (Å²) in [6.07, 6.45) is 1.24. The number of hydrogen-bond donors (Lipinski definition) is 6. The van der Waals surface area contributed by atoms with Gasteiger partial charge in [0.15, 0.2) is 11.9 Å². The number of amides is 2.